The Hall–Kier alpha value is -0.160. The summed E-state index contributed by atoms with van der Waals surface area (Å²) in [6, 6.07) is 0. The molecule has 5 aliphatic rings. The lowest BCUT2D eigenvalue weighted by atomic mass is 9.57. The van der Waals surface area contributed by atoms with Crippen molar-refractivity contribution in [2.45, 2.75) is 84.1 Å². The molecule has 4 nitrogen and oxygen atoms in total. The van der Waals surface area contributed by atoms with Crippen molar-refractivity contribution >= 4 is 0 Å². The van der Waals surface area contributed by atoms with E-state index in [4.69, 9.17) is 19.2 Å². The molecule has 0 amide bonds. The van der Waals surface area contributed by atoms with Crippen molar-refractivity contribution in [3.05, 3.63) is 0 Å². The Labute approximate surface area is 133 Å². The summed E-state index contributed by atoms with van der Waals surface area (Å²) >= 11 is 0. The van der Waals surface area contributed by atoms with Crippen LogP contribution in [0, 0.1) is 29.6 Å². The molecule has 1 saturated carbocycles. The third-order valence-electron chi connectivity index (χ3n) is 6.87. The lowest BCUT2D eigenvalue weighted by Gasteiger charge is -2.61. The van der Waals surface area contributed by atoms with Crippen LogP contribution in [-0.2, 0) is 19.2 Å². The zero-order chi connectivity index (χ0) is 15.7. The summed E-state index contributed by atoms with van der Waals surface area (Å²) in [7, 11) is 0. The number of fused-ring (bicyclic) bond motifs is 2. The first-order valence-electron chi connectivity index (χ1n) is 9.07. The van der Waals surface area contributed by atoms with Gasteiger partial charge in [0.05, 0.1) is 6.10 Å². The topological polar surface area (TPSA) is 36.9 Å². The van der Waals surface area contributed by atoms with Gasteiger partial charge in [0, 0.05) is 12.3 Å². The van der Waals surface area contributed by atoms with E-state index in [2.05, 4.69) is 27.7 Å². The number of ether oxygens (including phenoxy) is 2. The first kappa shape index (κ1) is 15.4. The van der Waals surface area contributed by atoms with E-state index in [1.54, 1.807) is 0 Å². The molecular formula is C18H30O4. The molecule has 4 heterocycles. The van der Waals surface area contributed by atoms with E-state index in [9.17, 15) is 0 Å². The fraction of sp³-hybridized carbons (Fsp3) is 1.00. The Morgan fingerprint density at radius 3 is 2.50 bits per heavy atom. The zero-order valence-corrected chi connectivity index (χ0v) is 14.5. The van der Waals surface area contributed by atoms with Crippen molar-refractivity contribution < 1.29 is 19.2 Å². The minimum Gasteiger partial charge on any atom is -0.346 e. The van der Waals surface area contributed by atoms with E-state index < -0.39 is 11.4 Å². The molecule has 0 N–H and O–H groups in total. The molecule has 5 rings (SSSR count). The van der Waals surface area contributed by atoms with Crippen LogP contribution in [0.15, 0.2) is 0 Å². The summed E-state index contributed by atoms with van der Waals surface area (Å²) in [5.74, 6) is 1.88. The van der Waals surface area contributed by atoms with Crippen LogP contribution >= 0.6 is 0 Å². The van der Waals surface area contributed by atoms with E-state index >= 15 is 0 Å². The highest BCUT2D eigenvalue weighted by atomic mass is 17.3. The lowest BCUT2D eigenvalue weighted by molar-refractivity contribution is -0.571. The van der Waals surface area contributed by atoms with Crippen LogP contribution in [-0.4, -0.2) is 23.8 Å². The molecule has 1 aliphatic carbocycles. The van der Waals surface area contributed by atoms with Crippen LogP contribution < -0.4 is 0 Å². The van der Waals surface area contributed by atoms with Crippen LogP contribution in [0.5, 0.6) is 0 Å². The third kappa shape index (κ3) is 1.90. The van der Waals surface area contributed by atoms with Crippen LogP contribution in [0.1, 0.15) is 60.3 Å². The second-order valence-electron chi connectivity index (χ2n) is 8.61. The maximum Gasteiger partial charge on any atom is 0.201 e. The molecule has 4 heteroatoms. The molecule has 22 heavy (non-hydrogen) atoms. The molecule has 8 atom stereocenters. The fourth-order valence-electron chi connectivity index (χ4n) is 5.70. The second kappa shape index (κ2) is 4.92. The normalized spacial score (nSPS) is 57.5. The second-order valence-corrected chi connectivity index (χ2v) is 8.61. The molecule has 1 spiro atoms. The minimum atomic E-state index is -0.653. The van der Waals surface area contributed by atoms with E-state index in [0.717, 1.165) is 12.8 Å². The van der Waals surface area contributed by atoms with Crippen LogP contribution in [0.2, 0.25) is 0 Å². The molecule has 5 fully saturated rings. The molecule has 2 bridgehead atoms. The van der Waals surface area contributed by atoms with Crippen LogP contribution in [0.4, 0.5) is 0 Å². The Bertz CT molecular complexity index is 452. The predicted molar refractivity (Wildman–Crippen MR) is 81.7 cm³/mol. The summed E-state index contributed by atoms with van der Waals surface area (Å²) in [5.41, 5.74) is -0.404. The van der Waals surface area contributed by atoms with Gasteiger partial charge in [-0.3, -0.25) is 0 Å². The fourth-order valence-corrected chi connectivity index (χ4v) is 5.70. The summed E-state index contributed by atoms with van der Waals surface area (Å²) in [5, 5.41) is 0. The summed E-state index contributed by atoms with van der Waals surface area (Å²) < 4.78 is 12.8. The summed E-state index contributed by atoms with van der Waals surface area (Å²) in [6.45, 7) is 11.2. The summed E-state index contributed by atoms with van der Waals surface area (Å²) in [6.07, 6.45) is 4.41. The molecule has 0 aromatic carbocycles. The maximum absolute atomic E-state index is 6.49. The average Bonchev–Trinajstić information content (AvgIpc) is 2.69. The van der Waals surface area contributed by atoms with Crippen molar-refractivity contribution in [3.63, 3.8) is 0 Å². The van der Waals surface area contributed by atoms with Gasteiger partial charge in [-0.05, 0) is 49.9 Å². The molecule has 0 radical (unpaired) electrons. The van der Waals surface area contributed by atoms with Crippen molar-refractivity contribution in [2.75, 3.05) is 0 Å². The van der Waals surface area contributed by atoms with Crippen molar-refractivity contribution in [2.24, 2.45) is 29.6 Å². The minimum absolute atomic E-state index is 0.237. The average molecular weight is 310 g/mol. The van der Waals surface area contributed by atoms with Gasteiger partial charge >= 0.3 is 0 Å². The molecule has 126 valence electrons. The van der Waals surface area contributed by atoms with Gasteiger partial charge in [-0.15, -0.1) is 0 Å². The van der Waals surface area contributed by atoms with Gasteiger partial charge in [0.25, 0.3) is 0 Å². The Morgan fingerprint density at radius 1 is 1.00 bits per heavy atom. The number of hydrogen-bond donors (Lipinski definition) is 0. The van der Waals surface area contributed by atoms with Gasteiger partial charge in [0.15, 0.2) is 11.9 Å². The van der Waals surface area contributed by atoms with Gasteiger partial charge in [-0.25, -0.2) is 9.78 Å². The number of hydrogen-bond acceptors (Lipinski definition) is 4. The Morgan fingerprint density at radius 2 is 1.77 bits per heavy atom. The monoisotopic (exact) mass is 310 g/mol. The largest absolute Gasteiger partial charge is 0.346 e. The van der Waals surface area contributed by atoms with E-state index in [1.165, 1.54) is 12.8 Å². The SMILES string of the molecule is CC(C)C1O[C@H]2O[C@@]3(C)CC[C@@H]4[C@@H](C)CC[C@H]([C@@H]1C)C24OO3. The highest BCUT2D eigenvalue weighted by molar-refractivity contribution is 5.10. The van der Waals surface area contributed by atoms with Gasteiger partial charge in [0.2, 0.25) is 5.79 Å². The van der Waals surface area contributed by atoms with Gasteiger partial charge in [-0.1, -0.05) is 27.7 Å². The molecule has 0 aromatic heterocycles. The quantitative estimate of drug-likeness (QED) is 0.689. The molecule has 2 unspecified atom stereocenters. The van der Waals surface area contributed by atoms with Gasteiger partial charge in [0.1, 0.15) is 0 Å². The summed E-state index contributed by atoms with van der Waals surface area (Å²) in [4.78, 5) is 12.0. The maximum atomic E-state index is 6.49. The zero-order valence-electron chi connectivity index (χ0n) is 14.5. The lowest BCUT2D eigenvalue weighted by Crippen LogP contribution is -2.70. The first-order valence-corrected chi connectivity index (χ1v) is 9.07. The third-order valence-corrected chi connectivity index (χ3v) is 6.87. The molecule has 0 aromatic rings. The Kier molecular flexibility index (Phi) is 3.44. The Balaban J connectivity index is 1.79. The van der Waals surface area contributed by atoms with Crippen LogP contribution in [0.3, 0.4) is 0 Å². The van der Waals surface area contributed by atoms with Gasteiger partial charge < -0.3 is 9.47 Å². The van der Waals surface area contributed by atoms with E-state index in [0.29, 0.717) is 29.6 Å². The predicted octanol–water partition coefficient (Wildman–Crippen LogP) is 3.89. The first-order chi connectivity index (χ1) is 10.4. The van der Waals surface area contributed by atoms with Crippen molar-refractivity contribution in [1.29, 1.82) is 0 Å². The van der Waals surface area contributed by atoms with E-state index in [1.807, 2.05) is 6.92 Å². The molecule has 4 saturated heterocycles. The molecular weight excluding hydrogens is 280 g/mol. The standard InChI is InChI=1S/C18H30O4/c1-10(2)15-12(4)14-7-6-11(3)13-8-9-17(5)20-16(19-15)18(13,14)22-21-17/h10-16H,6-9H2,1-5H3/t11-,12-,13+,14+,15?,16-,17+,18?/m0/s1. The van der Waals surface area contributed by atoms with Crippen molar-refractivity contribution in [1.82, 2.24) is 0 Å². The van der Waals surface area contributed by atoms with Crippen LogP contribution in [0.25, 0.3) is 0 Å². The van der Waals surface area contributed by atoms with Gasteiger partial charge in [-0.2, -0.15) is 0 Å². The molecule has 4 aliphatic heterocycles. The highest BCUT2D eigenvalue weighted by Crippen LogP contribution is 2.60. The highest BCUT2D eigenvalue weighted by Gasteiger charge is 2.69. The van der Waals surface area contributed by atoms with Crippen molar-refractivity contribution in [3.8, 4) is 0 Å². The van der Waals surface area contributed by atoms with E-state index in [-0.39, 0.29) is 12.4 Å². The smallest absolute Gasteiger partial charge is 0.201 e. The number of rotatable bonds is 1.